The quantitative estimate of drug-likeness (QED) is 0.436. The first-order valence-corrected chi connectivity index (χ1v) is 7.09. The van der Waals surface area contributed by atoms with E-state index in [1.807, 2.05) is 0 Å². The third-order valence-electron chi connectivity index (χ3n) is 3.37. The highest BCUT2D eigenvalue weighted by atomic mass is 16.4. The number of pyridine rings is 1. The average molecular weight is 323 g/mol. The summed E-state index contributed by atoms with van der Waals surface area (Å²) in [6.07, 6.45) is 1.48. The van der Waals surface area contributed by atoms with E-state index in [4.69, 9.17) is 4.42 Å². The molecule has 3 aromatic rings. The van der Waals surface area contributed by atoms with Crippen LogP contribution in [0.4, 0.5) is 0 Å². The summed E-state index contributed by atoms with van der Waals surface area (Å²) < 4.78 is 5.16. The fourth-order valence-electron chi connectivity index (χ4n) is 2.20. The van der Waals surface area contributed by atoms with E-state index in [0.29, 0.717) is 5.39 Å². The van der Waals surface area contributed by atoms with Crippen LogP contribution in [0.15, 0.2) is 63.0 Å². The number of aromatic nitrogens is 1. The molecule has 0 saturated heterocycles. The molecule has 0 saturated carbocycles. The molecule has 0 unspecified atom stereocenters. The Labute approximate surface area is 136 Å². The van der Waals surface area contributed by atoms with E-state index < -0.39 is 11.5 Å². The molecule has 1 aromatic carbocycles. The number of nitrogens with zero attached hydrogens (tertiary/aromatic N) is 2. The van der Waals surface area contributed by atoms with Crippen molar-refractivity contribution < 1.29 is 14.3 Å². The Hall–Kier alpha value is -3.48. The number of benzene rings is 1. The number of amides is 1. The molecule has 7 heteroatoms. The van der Waals surface area contributed by atoms with E-state index in [2.05, 4.69) is 15.5 Å². The van der Waals surface area contributed by atoms with Crippen LogP contribution in [0.3, 0.4) is 0 Å². The molecule has 0 aliphatic heterocycles. The summed E-state index contributed by atoms with van der Waals surface area (Å²) in [4.78, 5) is 27.9. The predicted octanol–water partition coefficient (Wildman–Crippen LogP) is 2.05. The Kier molecular flexibility index (Phi) is 4.07. The number of hydrogen-bond acceptors (Lipinski definition) is 6. The van der Waals surface area contributed by atoms with E-state index in [-0.39, 0.29) is 28.3 Å². The van der Waals surface area contributed by atoms with Gasteiger partial charge in [-0.2, -0.15) is 5.10 Å². The molecule has 3 rings (SSSR count). The van der Waals surface area contributed by atoms with E-state index in [1.54, 1.807) is 36.4 Å². The molecule has 2 aromatic heterocycles. The zero-order valence-electron chi connectivity index (χ0n) is 12.7. The zero-order chi connectivity index (χ0) is 17.1. The SMILES string of the molecule is CC(=NNC(=O)c1ccccn1)c1c(O)c2ccccc2oc1=O. The second-order valence-corrected chi connectivity index (χ2v) is 4.96. The molecule has 0 radical (unpaired) electrons. The molecule has 0 bridgehead atoms. The highest BCUT2D eigenvalue weighted by Crippen LogP contribution is 2.26. The van der Waals surface area contributed by atoms with Gasteiger partial charge in [-0.3, -0.25) is 9.78 Å². The first-order valence-electron chi connectivity index (χ1n) is 7.09. The highest BCUT2D eigenvalue weighted by Gasteiger charge is 2.16. The summed E-state index contributed by atoms with van der Waals surface area (Å²) in [6, 6.07) is 11.5. The minimum atomic E-state index is -0.737. The maximum absolute atomic E-state index is 12.1. The predicted molar refractivity (Wildman–Crippen MR) is 88.1 cm³/mol. The number of aromatic hydroxyl groups is 1. The van der Waals surface area contributed by atoms with Crippen LogP contribution >= 0.6 is 0 Å². The van der Waals surface area contributed by atoms with Crippen LogP contribution in [0, 0.1) is 0 Å². The van der Waals surface area contributed by atoms with Gasteiger partial charge in [0.05, 0.1) is 11.1 Å². The van der Waals surface area contributed by atoms with Gasteiger partial charge in [0.25, 0.3) is 5.91 Å². The molecule has 0 aliphatic rings. The third-order valence-corrected chi connectivity index (χ3v) is 3.37. The van der Waals surface area contributed by atoms with E-state index in [0.717, 1.165) is 0 Å². The molecule has 0 atom stereocenters. The minimum Gasteiger partial charge on any atom is -0.506 e. The van der Waals surface area contributed by atoms with Crippen molar-refractivity contribution in [3.63, 3.8) is 0 Å². The lowest BCUT2D eigenvalue weighted by Gasteiger charge is -2.06. The van der Waals surface area contributed by atoms with Crippen molar-refractivity contribution in [1.29, 1.82) is 0 Å². The maximum Gasteiger partial charge on any atom is 0.349 e. The van der Waals surface area contributed by atoms with Crippen molar-refractivity contribution in [1.82, 2.24) is 10.4 Å². The largest absolute Gasteiger partial charge is 0.506 e. The van der Waals surface area contributed by atoms with Crippen molar-refractivity contribution in [2.75, 3.05) is 0 Å². The van der Waals surface area contributed by atoms with Gasteiger partial charge in [0.1, 0.15) is 22.6 Å². The fourth-order valence-corrected chi connectivity index (χ4v) is 2.20. The molecule has 2 N–H and O–H groups in total. The van der Waals surface area contributed by atoms with E-state index in [1.165, 1.54) is 19.2 Å². The molecular formula is C17H13N3O4. The minimum absolute atomic E-state index is 0.102. The summed E-state index contributed by atoms with van der Waals surface area (Å²) in [6.45, 7) is 1.49. The molecule has 0 fully saturated rings. The Morgan fingerprint density at radius 2 is 1.96 bits per heavy atom. The van der Waals surface area contributed by atoms with Gasteiger partial charge < -0.3 is 9.52 Å². The lowest BCUT2D eigenvalue weighted by Crippen LogP contribution is -2.22. The first kappa shape index (κ1) is 15.4. The number of carbonyl (C=O) groups excluding carboxylic acids is 1. The third kappa shape index (κ3) is 2.87. The first-order chi connectivity index (χ1) is 11.6. The maximum atomic E-state index is 12.1. The van der Waals surface area contributed by atoms with E-state index >= 15 is 0 Å². The normalized spacial score (nSPS) is 11.5. The molecule has 0 aliphatic carbocycles. The Morgan fingerprint density at radius 1 is 1.21 bits per heavy atom. The molecule has 1 amide bonds. The van der Waals surface area contributed by atoms with Crippen molar-refractivity contribution >= 4 is 22.6 Å². The molecule has 120 valence electrons. The summed E-state index contributed by atoms with van der Waals surface area (Å²) in [5.41, 5.74) is 2.03. The van der Waals surface area contributed by atoms with Gasteiger partial charge in [-0.1, -0.05) is 18.2 Å². The van der Waals surface area contributed by atoms with E-state index in [9.17, 15) is 14.7 Å². The molecule has 2 heterocycles. The average Bonchev–Trinajstić information content (AvgIpc) is 2.60. The molecule has 0 spiro atoms. The monoisotopic (exact) mass is 323 g/mol. The summed E-state index contributed by atoms with van der Waals surface area (Å²) in [5.74, 6) is -0.769. The van der Waals surface area contributed by atoms with Crippen molar-refractivity contribution in [2.24, 2.45) is 5.10 Å². The number of para-hydroxylation sites is 1. The standard InChI is InChI=1S/C17H13N3O4/c1-10(19-20-16(22)12-7-4-5-9-18-12)14-15(21)11-6-2-3-8-13(11)24-17(14)23/h2-9,21H,1H3,(H,20,22). The van der Waals surface area contributed by atoms with Gasteiger partial charge in [0.2, 0.25) is 0 Å². The molecular weight excluding hydrogens is 310 g/mol. The lowest BCUT2D eigenvalue weighted by atomic mass is 10.1. The summed E-state index contributed by atoms with van der Waals surface area (Å²) >= 11 is 0. The molecule has 7 nitrogen and oxygen atoms in total. The van der Waals surface area contributed by atoms with Crippen LogP contribution in [0.5, 0.6) is 5.75 Å². The number of hydrogen-bond donors (Lipinski definition) is 2. The fraction of sp³-hybridized carbons (Fsp3) is 0.0588. The topological polar surface area (TPSA) is 105 Å². The van der Waals surface area contributed by atoms with Crippen LogP contribution in [0.25, 0.3) is 11.0 Å². The van der Waals surface area contributed by atoms with Gasteiger partial charge in [-0.05, 0) is 31.2 Å². The number of carbonyl (C=O) groups is 1. The van der Waals surface area contributed by atoms with Crippen LogP contribution in [-0.2, 0) is 0 Å². The van der Waals surface area contributed by atoms with Gasteiger partial charge in [-0.25, -0.2) is 10.2 Å². The van der Waals surface area contributed by atoms with Crippen LogP contribution < -0.4 is 11.1 Å². The Bertz CT molecular complexity index is 994. The number of fused-ring (bicyclic) bond motifs is 1. The highest BCUT2D eigenvalue weighted by molar-refractivity contribution is 6.05. The van der Waals surface area contributed by atoms with Crippen LogP contribution in [-0.4, -0.2) is 21.7 Å². The smallest absolute Gasteiger partial charge is 0.349 e. The zero-order valence-corrected chi connectivity index (χ0v) is 12.7. The molecule has 24 heavy (non-hydrogen) atoms. The van der Waals surface area contributed by atoms with Crippen molar-refractivity contribution in [3.05, 3.63) is 70.3 Å². The second kappa shape index (κ2) is 6.33. The summed E-state index contributed by atoms with van der Waals surface area (Å²) in [5, 5.41) is 14.6. The Balaban J connectivity index is 1.95. The number of hydrazone groups is 1. The number of rotatable bonds is 3. The van der Waals surface area contributed by atoms with Crippen molar-refractivity contribution in [2.45, 2.75) is 6.92 Å². The lowest BCUT2D eigenvalue weighted by molar-refractivity contribution is 0.0950. The van der Waals surface area contributed by atoms with Gasteiger partial charge in [-0.15, -0.1) is 0 Å². The van der Waals surface area contributed by atoms with Gasteiger partial charge in [0, 0.05) is 6.20 Å². The van der Waals surface area contributed by atoms with Crippen molar-refractivity contribution in [3.8, 4) is 5.75 Å². The van der Waals surface area contributed by atoms with Crippen LogP contribution in [0.2, 0.25) is 0 Å². The van der Waals surface area contributed by atoms with Crippen LogP contribution in [0.1, 0.15) is 23.0 Å². The number of nitrogens with one attached hydrogen (secondary N) is 1. The second-order valence-electron chi connectivity index (χ2n) is 4.96. The van der Waals surface area contributed by atoms with Gasteiger partial charge in [0.15, 0.2) is 0 Å². The summed E-state index contributed by atoms with van der Waals surface area (Å²) in [7, 11) is 0. The van der Waals surface area contributed by atoms with Gasteiger partial charge >= 0.3 is 5.63 Å². The Morgan fingerprint density at radius 3 is 2.71 bits per heavy atom.